The Kier molecular flexibility index (Phi) is 4.78. The van der Waals surface area contributed by atoms with Crippen LogP contribution in [0.1, 0.15) is 44.0 Å². The highest BCUT2D eigenvalue weighted by Crippen LogP contribution is 2.22. The van der Waals surface area contributed by atoms with Gasteiger partial charge in [0, 0.05) is 36.5 Å². The molecule has 2 heterocycles. The van der Waals surface area contributed by atoms with Crippen molar-refractivity contribution in [1.29, 1.82) is 0 Å². The van der Waals surface area contributed by atoms with Gasteiger partial charge in [0.25, 0.3) is 0 Å². The smallest absolute Gasteiger partial charge is 0.222 e. The van der Waals surface area contributed by atoms with E-state index in [1.807, 2.05) is 4.90 Å². The summed E-state index contributed by atoms with van der Waals surface area (Å²) in [5, 5.41) is 5.75. The minimum Gasteiger partial charge on any atom is -0.341 e. The highest BCUT2D eigenvalue weighted by Gasteiger charge is 2.22. The van der Waals surface area contributed by atoms with E-state index >= 15 is 0 Å². The first-order chi connectivity index (χ1) is 8.70. The Hall–Kier alpha value is -0.870. The van der Waals surface area contributed by atoms with Gasteiger partial charge in [-0.3, -0.25) is 4.79 Å². The number of carbonyl (C=O) groups excluding carboxylic acids is 1. The van der Waals surface area contributed by atoms with Crippen molar-refractivity contribution in [3.63, 3.8) is 0 Å². The Morgan fingerprint density at radius 2 is 2.39 bits per heavy atom. The minimum absolute atomic E-state index is 0.313. The van der Waals surface area contributed by atoms with Crippen LogP contribution in [0.4, 0.5) is 0 Å². The molecule has 1 amide bonds. The molecule has 0 saturated carbocycles. The molecule has 1 aliphatic rings. The van der Waals surface area contributed by atoms with Crippen LogP contribution in [0.15, 0.2) is 17.5 Å². The van der Waals surface area contributed by atoms with Gasteiger partial charge >= 0.3 is 0 Å². The van der Waals surface area contributed by atoms with Gasteiger partial charge in [-0.25, -0.2) is 0 Å². The molecule has 100 valence electrons. The van der Waals surface area contributed by atoms with E-state index in [-0.39, 0.29) is 0 Å². The lowest BCUT2D eigenvalue weighted by atomic mass is 10.1. The average Bonchev–Trinajstić information content (AvgIpc) is 2.99. The lowest BCUT2D eigenvalue weighted by molar-refractivity contribution is -0.127. The topological polar surface area (TPSA) is 32.3 Å². The molecule has 1 saturated heterocycles. The fourth-order valence-corrected chi connectivity index (χ4v) is 3.38. The van der Waals surface area contributed by atoms with Crippen LogP contribution in [-0.2, 0) is 4.79 Å². The summed E-state index contributed by atoms with van der Waals surface area (Å²) >= 11 is 1.80. The number of likely N-dealkylation sites (tertiary alicyclic amines) is 1. The third-order valence-corrected chi connectivity index (χ3v) is 4.43. The van der Waals surface area contributed by atoms with Crippen LogP contribution in [0.25, 0.3) is 0 Å². The second kappa shape index (κ2) is 6.34. The lowest BCUT2D eigenvalue weighted by Crippen LogP contribution is -2.41. The molecule has 1 fully saturated rings. The number of amides is 1. The molecule has 3 nitrogen and oxygen atoms in total. The average molecular weight is 266 g/mol. The first-order valence-corrected chi connectivity index (χ1v) is 7.66. The summed E-state index contributed by atoms with van der Waals surface area (Å²) in [4.78, 5) is 15.0. The number of hydrogen-bond donors (Lipinski definition) is 1. The molecule has 0 bridgehead atoms. The quantitative estimate of drug-likeness (QED) is 0.858. The molecule has 2 rings (SSSR count). The molecule has 1 aliphatic heterocycles. The molecule has 18 heavy (non-hydrogen) atoms. The number of thiophene rings is 1. The van der Waals surface area contributed by atoms with Gasteiger partial charge < -0.3 is 10.2 Å². The lowest BCUT2D eigenvalue weighted by Gasteiger charge is -2.25. The second-order valence-electron chi connectivity index (χ2n) is 4.99. The third kappa shape index (κ3) is 3.33. The molecule has 1 aromatic rings. The van der Waals surface area contributed by atoms with Gasteiger partial charge in [0.05, 0.1) is 0 Å². The van der Waals surface area contributed by atoms with E-state index in [1.54, 1.807) is 11.3 Å². The Balaban J connectivity index is 1.85. The van der Waals surface area contributed by atoms with E-state index in [9.17, 15) is 4.79 Å². The predicted molar refractivity (Wildman–Crippen MR) is 75.8 cm³/mol. The van der Waals surface area contributed by atoms with Gasteiger partial charge in [0.1, 0.15) is 0 Å². The van der Waals surface area contributed by atoms with Crippen LogP contribution in [0, 0.1) is 0 Å². The number of nitrogens with zero attached hydrogens (tertiary/aromatic N) is 1. The van der Waals surface area contributed by atoms with Crippen LogP contribution in [0.2, 0.25) is 0 Å². The zero-order chi connectivity index (χ0) is 13.0. The fraction of sp³-hybridized carbons (Fsp3) is 0.643. The van der Waals surface area contributed by atoms with E-state index in [1.165, 1.54) is 4.88 Å². The van der Waals surface area contributed by atoms with Crippen molar-refractivity contribution in [3.05, 3.63) is 22.4 Å². The van der Waals surface area contributed by atoms with Crippen molar-refractivity contribution >= 4 is 17.2 Å². The fourth-order valence-electron chi connectivity index (χ4n) is 2.51. The molecule has 0 aliphatic carbocycles. The number of hydrogen-bond acceptors (Lipinski definition) is 3. The van der Waals surface area contributed by atoms with E-state index in [2.05, 4.69) is 36.7 Å². The largest absolute Gasteiger partial charge is 0.341 e. The van der Waals surface area contributed by atoms with Gasteiger partial charge in [0.15, 0.2) is 0 Å². The normalized spacial score (nSPS) is 19.2. The van der Waals surface area contributed by atoms with E-state index < -0.39 is 0 Å². The third-order valence-electron chi connectivity index (χ3n) is 3.45. The maximum absolute atomic E-state index is 11.6. The van der Waals surface area contributed by atoms with E-state index in [0.717, 1.165) is 32.4 Å². The number of carbonyl (C=O) groups is 1. The number of rotatable bonds is 6. The molecule has 4 heteroatoms. The first-order valence-electron chi connectivity index (χ1n) is 6.78. The van der Waals surface area contributed by atoms with Crippen molar-refractivity contribution in [3.8, 4) is 0 Å². The molecule has 2 atom stereocenters. The Morgan fingerprint density at radius 3 is 2.94 bits per heavy atom. The van der Waals surface area contributed by atoms with Crippen LogP contribution < -0.4 is 5.32 Å². The van der Waals surface area contributed by atoms with Crippen molar-refractivity contribution in [2.75, 3.05) is 13.1 Å². The van der Waals surface area contributed by atoms with E-state index in [4.69, 9.17) is 0 Å². The minimum atomic E-state index is 0.313. The molecule has 0 aromatic carbocycles. The van der Waals surface area contributed by atoms with Gasteiger partial charge in [-0.1, -0.05) is 13.0 Å². The summed E-state index contributed by atoms with van der Waals surface area (Å²) in [6.07, 6.45) is 2.83. The van der Waals surface area contributed by atoms with Crippen LogP contribution in [-0.4, -0.2) is 29.9 Å². The summed E-state index contributed by atoms with van der Waals surface area (Å²) in [6, 6.07) is 5.04. The molecular weight excluding hydrogens is 244 g/mol. The van der Waals surface area contributed by atoms with Gasteiger partial charge in [-0.15, -0.1) is 11.3 Å². The van der Waals surface area contributed by atoms with Gasteiger partial charge in [0.2, 0.25) is 5.91 Å². The Labute approximate surface area is 113 Å². The monoisotopic (exact) mass is 266 g/mol. The molecular formula is C14H22N2OS. The van der Waals surface area contributed by atoms with Crippen LogP contribution in [0.5, 0.6) is 0 Å². The summed E-state index contributed by atoms with van der Waals surface area (Å²) in [7, 11) is 0. The van der Waals surface area contributed by atoms with Crippen molar-refractivity contribution in [2.24, 2.45) is 0 Å². The molecule has 0 radical (unpaired) electrons. The number of nitrogens with one attached hydrogen (secondary N) is 1. The molecule has 1 N–H and O–H groups in total. The molecule has 2 unspecified atom stereocenters. The van der Waals surface area contributed by atoms with Crippen molar-refractivity contribution in [1.82, 2.24) is 10.2 Å². The van der Waals surface area contributed by atoms with E-state index in [0.29, 0.717) is 18.0 Å². The van der Waals surface area contributed by atoms with Crippen LogP contribution >= 0.6 is 11.3 Å². The first kappa shape index (κ1) is 13.6. The second-order valence-corrected chi connectivity index (χ2v) is 5.97. The molecule has 1 aromatic heterocycles. The highest BCUT2D eigenvalue weighted by atomic mass is 32.1. The predicted octanol–water partition coefficient (Wildman–Crippen LogP) is 2.80. The SMILES string of the molecule is CCC(NC(C)CN1CCCC1=O)c1cccs1. The maximum Gasteiger partial charge on any atom is 0.222 e. The highest BCUT2D eigenvalue weighted by molar-refractivity contribution is 7.10. The standard InChI is InChI=1S/C14H22N2OS/c1-3-12(13-6-5-9-18-13)15-11(2)10-16-8-4-7-14(16)17/h5-6,9,11-12,15H,3-4,7-8,10H2,1-2H3. The molecule has 0 spiro atoms. The van der Waals surface area contributed by atoms with Gasteiger partial charge in [-0.2, -0.15) is 0 Å². The van der Waals surface area contributed by atoms with Crippen molar-refractivity contribution < 1.29 is 4.79 Å². The summed E-state index contributed by atoms with van der Waals surface area (Å²) < 4.78 is 0. The van der Waals surface area contributed by atoms with Crippen molar-refractivity contribution in [2.45, 2.75) is 45.2 Å². The van der Waals surface area contributed by atoms with Crippen LogP contribution in [0.3, 0.4) is 0 Å². The summed E-state index contributed by atoms with van der Waals surface area (Å²) in [6.45, 7) is 6.13. The van der Waals surface area contributed by atoms with Gasteiger partial charge in [-0.05, 0) is 31.2 Å². The summed E-state index contributed by atoms with van der Waals surface area (Å²) in [5.41, 5.74) is 0. The maximum atomic E-state index is 11.6. The Bertz CT molecular complexity index is 377. The summed E-state index contributed by atoms with van der Waals surface area (Å²) in [5.74, 6) is 0.313. The Morgan fingerprint density at radius 1 is 1.56 bits per heavy atom. The zero-order valence-corrected chi connectivity index (χ0v) is 12.0. The zero-order valence-electron chi connectivity index (χ0n) is 11.2.